The molecule has 0 radical (unpaired) electrons. The van der Waals surface area contributed by atoms with Crippen LogP contribution in [-0.2, 0) is 0 Å². The molecule has 0 aliphatic rings. The number of nitrogens with one attached hydrogen (secondary N) is 2. The fourth-order valence-electron chi connectivity index (χ4n) is 1.50. The van der Waals surface area contributed by atoms with Crippen LogP contribution >= 0.6 is 12.4 Å². The zero-order valence-corrected chi connectivity index (χ0v) is 11.6. The van der Waals surface area contributed by atoms with Crippen LogP contribution in [0.1, 0.15) is 23.2 Å². The summed E-state index contributed by atoms with van der Waals surface area (Å²) < 4.78 is 5.44. The fourth-order valence-corrected chi connectivity index (χ4v) is 1.50. The molecule has 2 heterocycles. The van der Waals surface area contributed by atoms with E-state index in [1.165, 1.54) is 0 Å². The molecule has 0 saturated heterocycles. The van der Waals surface area contributed by atoms with Crippen molar-refractivity contribution in [1.29, 1.82) is 0 Å². The number of nitrogens with two attached hydrogens (primary N) is 1. The molecule has 0 aliphatic carbocycles. The summed E-state index contributed by atoms with van der Waals surface area (Å²) in [4.78, 5) is 11.8. The molecule has 0 bridgehead atoms. The highest BCUT2D eigenvalue weighted by molar-refractivity contribution is 5.93. The van der Waals surface area contributed by atoms with E-state index in [1.807, 2.05) is 26.0 Å². The van der Waals surface area contributed by atoms with E-state index in [2.05, 4.69) is 15.5 Å². The van der Waals surface area contributed by atoms with E-state index in [1.54, 1.807) is 6.07 Å². The Morgan fingerprint density at radius 2 is 2.32 bits per heavy atom. The van der Waals surface area contributed by atoms with E-state index in [-0.39, 0.29) is 24.4 Å². The standard InChI is InChI=1S/C12H16N4O2.ClH/c1-7(6-13)14-12(17)10-5-9(15-16-10)11-4-3-8(2)18-11;/h3-5,7H,6,13H2,1-2H3,(H,14,17)(H,15,16);1H/t7-;/m0./s1. The molecule has 2 aromatic rings. The van der Waals surface area contributed by atoms with Gasteiger partial charge in [-0.25, -0.2) is 0 Å². The van der Waals surface area contributed by atoms with E-state index in [4.69, 9.17) is 10.2 Å². The van der Waals surface area contributed by atoms with Crippen molar-refractivity contribution < 1.29 is 9.21 Å². The lowest BCUT2D eigenvalue weighted by atomic mass is 10.2. The molecule has 0 aromatic carbocycles. The molecule has 2 aromatic heterocycles. The minimum absolute atomic E-state index is 0. The summed E-state index contributed by atoms with van der Waals surface area (Å²) in [6.07, 6.45) is 0. The van der Waals surface area contributed by atoms with E-state index < -0.39 is 0 Å². The lowest BCUT2D eigenvalue weighted by Crippen LogP contribution is -2.37. The second kappa shape index (κ2) is 6.40. The van der Waals surface area contributed by atoms with Crippen LogP contribution in [-0.4, -0.2) is 28.7 Å². The molecular weight excluding hydrogens is 268 g/mol. The molecule has 2 rings (SSSR count). The number of hydrogen-bond acceptors (Lipinski definition) is 4. The lowest BCUT2D eigenvalue weighted by Gasteiger charge is -2.08. The molecule has 1 atom stereocenters. The normalized spacial score (nSPS) is 11.7. The van der Waals surface area contributed by atoms with E-state index in [0.29, 0.717) is 23.7 Å². The van der Waals surface area contributed by atoms with Crippen LogP contribution in [0.4, 0.5) is 0 Å². The molecule has 0 aliphatic heterocycles. The Morgan fingerprint density at radius 3 is 2.89 bits per heavy atom. The van der Waals surface area contributed by atoms with Crippen molar-refractivity contribution in [2.24, 2.45) is 5.73 Å². The number of hydrogen-bond donors (Lipinski definition) is 3. The Balaban J connectivity index is 0.00000180. The first-order valence-corrected chi connectivity index (χ1v) is 5.73. The van der Waals surface area contributed by atoms with Gasteiger partial charge in [0.1, 0.15) is 11.5 Å². The summed E-state index contributed by atoms with van der Waals surface area (Å²) in [5.41, 5.74) is 6.43. The third-order valence-electron chi connectivity index (χ3n) is 2.55. The largest absolute Gasteiger partial charge is 0.460 e. The van der Waals surface area contributed by atoms with Crippen molar-refractivity contribution in [1.82, 2.24) is 15.5 Å². The number of halogens is 1. The second-order valence-corrected chi connectivity index (χ2v) is 4.19. The second-order valence-electron chi connectivity index (χ2n) is 4.19. The van der Waals surface area contributed by atoms with Gasteiger partial charge >= 0.3 is 0 Å². The number of carbonyl (C=O) groups is 1. The average molecular weight is 285 g/mol. The summed E-state index contributed by atoms with van der Waals surface area (Å²) in [5, 5.41) is 9.46. The van der Waals surface area contributed by atoms with Crippen LogP contribution in [0.25, 0.3) is 11.5 Å². The van der Waals surface area contributed by atoms with Gasteiger partial charge in [0.15, 0.2) is 11.5 Å². The van der Waals surface area contributed by atoms with Crippen LogP contribution in [0.2, 0.25) is 0 Å². The van der Waals surface area contributed by atoms with Gasteiger partial charge in [0, 0.05) is 18.7 Å². The summed E-state index contributed by atoms with van der Waals surface area (Å²) in [5.74, 6) is 1.21. The van der Waals surface area contributed by atoms with Gasteiger partial charge in [0.05, 0.1) is 0 Å². The number of aryl methyl sites for hydroxylation is 1. The third kappa shape index (κ3) is 3.59. The number of nitrogens with zero attached hydrogens (tertiary/aromatic N) is 1. The first-order chi connectivity index (χ1) is 8.60. The van der Waals surface area contributed by atoms with Gasteiger partial charge in [-0.15, -0.1) is 12.4 Å². The zero-order chi connectivity index (χ0) is 13.1. The van der Waals surface area contributed by atoms with Crippen molar-refractivity contribution >= 4 is 18.3 Å². The Hall–Kier alpha value is -1.79. The molecule has 7 heteroatoms. The average Bonchev–Trinajstić information content (AvgIpc) is 2.96. The molecule has 0 unspecified atom stereocenters. The summed E-state index contributed by atoms with van der Waals surface area (Å²) in [6, 6.07) is 5.25. The van der Waals surface area contributed by atoms with Gasteiger partial charge in [0.2, 0.25) is 0 Å². The van der Waals surface area contributed by atoms with E-state index in [9.17, 15) is 4.79 Å². The van der Waals surface area contributed by atoms with Crippen LogP contribution in [0.15, 0.2) is 22.6 Å². The number of aromatic amines is 1. The van der Waals surface area contributed by atoms with Crippen LogP contribution in [0.5, 0.6) is 0 Å². The van der Waals surface area contributed by atoms with Crippen molar-refractivity contribution in [2.75, 3.05) is 6.54 Å². The molecule has 0 spiro atoms. The van der Waals surface area contributed by atoms with Gasteiger partial charge in [-0.3, -0.25) is 9.89 Å². The smallest absolute Gasteiger partial charge is 0.272 e. The first-order valence-electron chi connectivity index (χ1n) is 5.73. The Morgan fingerprint density at radius 1 is 1.58 bits per heavy atom. The SMILES string of the molecule is Cc1ccc(-c2cc(C(=O)N[C@@H](C)CN)n[nH]2)o1.Cl. The van der Waals surface area contributed by atoms with Gasteiger partial charge in [-0.2, -0.15) is 5.10 Å². The van der Waals surface area contributed by atoms with Gasteiger partial charge < -0.3 is 15.5 Å². The minimum Gasteiger partial charge on any atom is -0.460 e. The molecule has 0 saturated carbocycles. The van der Waals surface area contributed by atoms with Crippen molar-refractivity contribution in [3.8, 4) is 11.5 Å². The quantitative estimate of drug-likeness (QED) is 0.792. The molecular formula is C12H17ClN4O2. The Kier molecular flexibility index (Phi) is 5.14. The van der Waals surface area contributed by atoms with Crippen molar-refractivity contribution in [2.45, 2.75) is 19.9 Å². The molecule has 4 N–H and O–H groups in total. The number of furan rings is 1. The predicted octanol–water partition coefficient (Wildman–Crippen LogP) is 1.48. The predicted molar refractivity (Wildman–Crippen MR) is 74.3 cm³/mol. The molecule has 1 amide bonds. The van der Waals surface area contributed by atoms with E-state index >= 15 is 0 Å². The number of amides is 1. The van der Waals surface area contributed by atoms with Crippen LogP contribution < -0.4 is 11.1 Å². The molecule has 104 valence electrons. The minimum atomic E-state index is -0.251. The molecule has 19 heavy (non-hydrogen) atoms. The first kappa shape index (κ1) is 15.3. The van der Waals surface area contributed by atoms with Crippen LogP contribution in [0.3, 0.4) is 0 Å². The Labute approximate surface area is 117 Å². The maximum atomic E-state index is 11.8. The van der Waals surface area contributed by atoms with E-state index in [0.717, 1.165) is 5.76 Å². The molecule has 0 fully saturated rings. The topological polar surface area (TPSA) is 96.9 Å². The van der Waals surface area contributed by atoms with Gasteiger partial charge in [0.25, 0.3) is 5.91 Å². The van der Waals surface area contributed by atoms with Gasteiger partial charge in [-0.1, -0.05) is 0 Å². The molecule has 6 nitrogen and oxygen atoms in total. The number of H-pyrrole nitrogens is 1. The van der Waals surface area contributed by atoms with Crippen LogP contribution in [0, 0.1) is 6.92 Å². The van der Waals surface area contributed by atoms with Crippen molar-refractivity contribution in [3.05, 3.63) is 29.7 Å². The number of rotatable bonds is 4. The number of aromatic nitrogens is 2. The maximum Gasteiger partial charge on any atom is 0.272 e. The monoisotopic (exact) mass is 284 g/mol. The zero-order valence-electron chi connectivity index (χ0n) is 10.8. The highest BCUT2D eigenvalue weighted by atomic mass is 35.5. The highest BCUT2D eigenvalue weighted by Gasteiger charge is 2.14. The highest BCUT2D eigenvalue weighted by Crippen LogP contribution is 2.20. The van der Waals surface area contributed by atoms with Gasteiger partial charge in [-0.05, 0) is 26.0 Å². The van der Waals surface area contributed by atoms with Crippen molar-refractivity contribution in [3.63, 3.8) is 0 Å². The number of carbonyl (C=O) groups excluding carboxylic acids is 1. The third-order valence-corrected chi connectivity index (χ3v) is 2.55. The lowest BCUT2D eigenvalue weighted by molar-refractivity contribution is 0.0936. The maximum absolute atomic E-state index is 11.8. The summed E-state index contributed by atoms with van der Waals surface area (Å²) in [7, 11) is 0. The Bertz CT molecular complexity index is 549. The summed E-state index contributed by atoms with van der Waals surface area (Å²) in [6.45, 7) is 4.08. The summed E-state index contributed by atoms with van der Waals surface area (Å²) >= 11 is 0. The fraction of sp³-hybridized carbons (Fsp3) is 0.333.